The predicted octanol–water partition coefficient (Wildman–Crippen LogP) is 2.63. The normalized spacial score (nSPS) is 11.6. The molecule has 0 radical (unpaired) electrons. The van der Waals surface area contributed by atoms with Crippen LogP contribution < -0.4 is 0 Å². The molecular formula is C12H14ClN5S. The molecule has 3 rings (SSSR count). The van der Waals surface area contributed by atoms with E-state index in [1.807, 2.05) is 31.1 Å². The fraction of sp³-hybridized carbons (Fsp3) is 0.417. The highest BCUT2D eigenvalue weighted by Gasteiger charge is 2.17. The number of halogens is 1. The van der Waals surface area contributed by atoms with Crippen LogP contribution in [0.4, 0.5) is 0 Å². The van der Waals surface area contributed by atoms with Crippen molar-refractivity contribution in [2.75, 3.05) is 0 Å². The molecule has 0 spiro atoms. The second kappa shape index (κ2) is 4.61. The predicted molar refractivity (Wildman–Crippen MR) is 76.7 cm³/mol. The van der Waals surface area contributed by atoms with Crippen molar-refractivity contribution in [2.24, 2.45) is 7.05 Å². The first-order valence-corrected chi connectivity index (χ1v) is 7.37. The van der Waals surface area contributed by atoms with Crippen LogP contribution in [0.15, 0.2) is 5.51 Å². The van der Waals surface area contributed by atoms with E-state index in [2.05, 4.69) is 19.6 Å². The van der Waals surface area contributed by atoms with E-state index in [0.29, 0.717) is 5.88 Å². The molecule has 0 fully saturated rings. The number of thiazole rings is 1. The van der Waals surface area contributed by atoms with Crippen molar-refractivity contribution >= 4 is 34.1 Å². The zero-order valence-corrected chi connectivity index (χ0v) is 12.6. The first-order chi connectivity index (χ1) is 9.11. The highest BCUT2D eigenvalue weighted by molar-refractivity contribution is 7.09. The fourth-order valence-corrected chi connectivity index (χ4v) is 3.24. The van der Waals surface area contributed by atoms with Crippen LogP contribution in [0.1, 0.15) is 22.1 Å². The summed E-state index contributed by atoms with van der Waals surface area (Å²) in [5.41, 5.74) is 5.81. The quantitative estimate of drug-likeness (QED) is 0.698. The first-order valence-electron chi connectivity index (χ1n) is 5.95. The molecule has 5 nitrogen and oxygen atoms in total. The average molecular weight is 296 g/mol. The molecule has 19 heavy (non-hydrogen) atoms. The van der Waals surface area contributed by atoms with Crippen molar-refractivity contribution in [1.29, 1.82) is 0 Å². The van der Waals surface area contributed by atoms with Gasteiger partial charge >= 0.3 is 0 Å². The van der Waals surface area contributed by atoms with Crippen LogP contribution in [-0.4, -0.2) is 24.3 Å². The average Bonchev–Trinajstić information content (AvgIpc) is 3.00. The van der Waals surface area contributed by atoms with Gasteiger partial charge in [0, 0.05) is 11.9 Å². The summed E-state index contributed by atoms with van der Waals surface area (Å²) in [7, 11) is 1.94. The molecule has 3 heterocycles. The topological polar surface area (TPSA) is 48.5 Å². The van der Waals surface area contributed by atoms with Crippen LogP contribution >= 0.6 is 22.9 Å². The molecule has 0 aromatic carbocycles. The number of imidazole rings is 1. The maximum atomic E-state index is 6.02. The number of alkyl halides is 1. The van der Waals surface area contributed by atoms with E-state index < -0.39 is 0 Å². The Kier molecular flexibility index (Phi) is 3.06. The van der Waals surface area contributed by atoms with Gasteiger partial charge in [-0.15, -0.1) is 22.9 Å². The smallest absolute Gasteiger partial charge is 0.159 e. The van der Waals surface area contributed by atoms with E-state index in [-0.39, 0.29) is 0 Å². The number of fused-ring (bicyclic) bond motifs is 1. The lowest BCUT2D eigenvalue weighted by Gasteiger charge is -2.07. The van der Waals surface area contributed by atoms with E-state index >= 15 is 0 Å². The summed E-state index contributed by atoms with van der Waals surface area (Å²) in [5.74, 6) is 1.27. The van der Waals surface area contributed by atoms with Crippen molar-refractivity contribution < 1.29 is 0 Å². The van der Waals surface area contributed by atoms with Gasteiger partial charge in [-0.1, -0.05) is 0 Å². The second-order valence-electron chi connectivity index (χ2n) is 4.49. The van der Waals surface area contributed by atoms with Crippen LogP contribution in [0.5, 0.6) is 0 Å². The molecule has 0 unspecified atom stereocenters. The highest BCUT2D eigenvalue weighted by Crippen LogP contribution is 2.23. The summed E-state index contributed by atoms with van der Waals surface area (Å²) < 4.78 is 3.99. The molecule has 0 aliphatic carbocycles. The molecular weight excluding hydrogens is 282 g/mol. The van der Waals surface area contributed by atoms with Gasteiger partial charge in [-0.05, 0) is 13.8 Å². The van der Waals surface area contributed by atoms with Gasteiger partial charge in [-0.25, -0.2) is 9.97 Å². The summed E-state index contributed by atoms with van der Waals surface area (Å²) in [5, 5.41) is 4.42. The van der Waals surface area contributed by atoms with Crippen molar-refractivity contribution in [3.8, 4) is 0 Å². The fourth-order valence-electron chi connectivity index (χ4n) is 2.27. The molecule has 3 aromatic heterocycles. The summed E-state index contributed by atoms with van der Waals surface area (Å²) >= 11 is 7.68. The SMILES string of the molecule is Cc1ncsc1Cn1c(CCl)nc2c(C)nn(C)c21. The summed E-state index contributed by atoms with van der Waals surface area (Å²) in [6.07, 6.45) is 0. The molecule has 0 aliphatic rings. The largest absolute Gasteiger partial charge is 0.306 e. The van der Waals surface area contributed by atoms with Gasteiger partial charge in [-0.3, -0.25) is 4.68 Å². The molecule has 3 aromatic rings. The monoisotopic (exact) mass is 295 g/mol. The van der Waals surface area contributed by atoms with E-state index in [9.17, 15) is 0 Å². The third kappa shape index (κ3) is 1.95. The lowest BCUT2D eigenvalue weighted by molar-refractivity contribution is 0.704. The van der Waals surface area contributed by atoms with Crippen molar-refractivity contribution in [1.82, 2.24) is 24.3 Å². The zero-order chi connectivity index (χ0) is 13.6. The van der Waals surface area contributed by atoms with Crippen LogP contribution in [0.2, 0.25) is 0 Å². The maximum Gasteiger partial charge on any atom is 0.159 e. The zero-order valence-electron chi connectivity index (χ0n) is 11.0. The minimum atomic E-state index is 0.395. The van der Waals surface area contributed by atoms with Gasteiger partial charge < -0.3 is 4.57 Å². The summed E-state index contributed by atoms with van der Waals surface area (Å²) in [6.45, 7) is 4.73. The Morgan fingerprint density at radius 1 is 1.32 bits per heavy atom. The van der Waals surface area contributed by atoms with Gasteiger partial charge in [0.15, 0.2) is 5.65 Å². The Balaban J connectivity index is 2.18. The van der Waals surface area contributed by atoms with Crippen LogP contribution in [0.25, 0.3) is 11.2 Å². The van der Waals surface area contributed by atoms with Gasteiger partial charge in [0.1, 0.15) is 11.3 Å². The van der Waals surface area contributed by atoms with E-state index in [4.69, 9.17) is 11.6 Å². The summed E-state index contributed by atoms with van der Waals surface area (Å²) in [6, 6.07) is 0. The molecule has 7 heteroatoms. The minimum absolute atomic E-state index is 0.395. The van der Waals surface area contributed by atoms with Gasteiger partial charge in [-0.2, -0.15) is 5.10 Å². The number of hydrogen-bond donors (Lipinski definition) is 0. The molecule has 0 saturated heterocycles. The van der Waals surface area contributed by atoms with Gasteiger partial charge in [0.25, 0.3) is 0 Å². The van der Waals surface area contributed by atoms with Gasteiger partial charge in [0.05, 0.1) is 29.3 Å². The van der Waals surface area contributed by atoms with Crippen molar-refractivity contribution in [3.63, 3.8) is 0 Å². The first kappa shape index (κ1) is 12.6. The number of hydrogen-bond acceptors (Lipinski definition) is 4. The molecule has 0 atom stereocenters. The van der Waals surface area contributed by atoms with E-state index in [0.717, 1.165) is 34.9 Å². The number of aryl methyl sites for hydroxylation is 3. The van der Waals surface area contributed by atoms with Gasteiger partial charge in [0.2, 0.25) is 0 Å². The van der Waals surface area contributed by atoms with E-state index in [1.165, 1.54) is 4.88 Å². The Morgan fingerprint density at radius 2 is 2.11 bits per heavy atom. The molecule has 0 N–H and O–H groups in total. The number of nitrogens with zero attached hydrogens (tertiary/aromatic N) is 5. The van der Waals surface area contributed by atoms with Crippen molar-refractivity contribution in [2.45, 2.75) is 26.3 Å². The van der Waals surface area contributed by atoms with Crippen LogP contribution in [0.3, 0.4) is 0 Å². The molecule has 0 aliphatic heterocycles. The lowest BCUT2D eigenvalue weighted by atomic mass is 10.4. The van der Waals surface area contributed by atoms with E-state index in [1.54, 1.807) is 11.3 Å². The Bertz CT molecular complexity index is 739. The Labute approximate surface area is 119 Å². The summed E-state index contributed by atoms with van der Waals surface area (Å²) in [4.78, 5) is 10.1. The Morgan fingerprint density at radius 3 is 2.74 bits per heavy atom. The third-order valence-corrected chi connectivity index (χ3v) is 4.39. The van der Waals surface area contributed by atoms with Crippen LogP contribution in [0, 0.1) is 13.8 Å². The second-order valence-corrected chi connectivity index (χ2v) is 5.70. The third-order valence-electron chi connectivity index (χ3n) is 3.24. The molecule has 0 amide bonds. The molecule has 0 saturated carbocycles. The highest BCUT2D eigenvalue weighted by atomic mass is 35.5. The molecule has 100 valence electrons. The van der Waals surface area contributed by atoms with Crippen LogP contribution in [-0.2, 0) is 19.5 Å². The molecule has 0 bridgehead atoms. The lowest BCUT2D eigenvalue weighted by Crippen LogP contribution is -2.07. The standard InChI is InChI=1S/C12H14ClN5S/c1-7-9(19-6-14-7)5-18-10(4-13)15-11-8(2)16-17(3)12(11)18/h6H,4-5H2,1-3H3. The maximum absolute atomic E-state index is 6.02. The Hall–Kier alpha value is -1.40. The number of rotatable bonds is 3. The number of aromatic nitrogens is 5. The minimum Gasteiger partial charge on any atom is -0.306 e. The van der Waals surface area contributed by atoms with Crippen molar-refractivity contribution in [3.05, 3.63) is 27.6 Å².